The number of thioether (sulfide) groups is 1. The average Bonchev–Trinajstić information content (AvgIpc) is 2.82. The van der Waals surface area contributed by atoms with E-state index in [1.807, 2.05) is 0 Å². The number of aromatic carboxylic acids is 1. The lowest BCUT2D eigenvalue weighted by Crippen LogP contribution is -2.71. The van der Waals surface area contributed by atoms with Gasteiger partial charge in [0.15, 0.2) is 24.2 Å². The van der Waals surface area contributed by atoms with Crippen molar-refractivity contribution in [2.45, 2.75) is 23.2 Å². The van der Waals surface area contributed by atoms with Crippen LogP contribution in [0.5, 0.6) is 0 Å². The van der Waals surface area contributed by atoms with E-state index in [0.29, 0.717) is 5.57 Å². The molecule has 0 bridgehead atoms. The standard InChI is InChI=1S/C22H20N4O8S2/c23-18(27)16-14(10-25-8-6-13(7-9-25)22(30)31)11-35-21-15(20(29)26(16)21)24-19(28)17(36(32,33)34)12-4-2-1-3-5-12/h1-9,15,17,21H,10-11H2,(H4-,23,24,27,28,30,31,32,33,34)/p+1/t15?,17?,21-/m0/s1. The highest BCUT2D eigenvalue weighted by Gasteiger charge is 2.55. The molecule has 5 N–H and O–H groups in total. The predicted molar refractivity (Wildman–Crippen MR) is 126 cm³/mol. The molecule has 0 saturated carbocycles. The summed E-state index contributed by atoms with van der Waals surface area (Å²) in [7, 11) is -4.84. The lowest BCUT2D eigenvalue weighted by atomic mass is 10.0. The van der Waals surface area contributed by atoms with Crippen LogP contribution in [-0.2, 0) is 31.0 Å². The number of aromatic nitrogens is 1. The molecule has 1 saturated heterocycles. The molecule has 0 spiro atoms. The van der Waals surface area contributed by atoms with Crippen LogP contribution in [0.2, 0.25) is 0 Å². The third-order valence-corrected chi connectivity index (χ3v) is 8.15. The number of benzene rings is 1. The van der Waals surface area contributed by atoms with Gasteiger partial charge in [-0.3, -0.25) is 23.8 Å². The van der Waals surface area contributed by atoms with Gasteiger partial charge in [0.1, 0.15) is 17.1 Å². The molecule has 36 heavy (non-hydrogen) atoms. The maximum atomic E-state index is 12.9. The summed E-state index contributed by atoms with van der Waals surface area (Å²) in [5, 5.41) is 8.79. The van der Waals surface area contributed by atoms with Gasteiger partial charge in [-0.2, -0.15) is 8.42 Å². The van der Waals surface area contributed by atoms with Crippen molar-refractivity contribution in [3.8, 4) is 0 Å². The minimum atomic E-state index is -4.84. The van der Waals surface area contributed by atoms with Gasteiger partial charge in [0.2, 0.25) is 5.91 Å². The first-order valence-corrected chi connectivity index (χ1v) is 13.0. The highest BCUT2D eigenvalue weighted by Crippen LogP contribution is 2.40. The first kappa shape index (κ1) is 25.3. The smallest absolute Gasteiger partial charge is 0.336 e. The Morgan fingerprint density at radius 2 is 1.81 bits per heavy atom. The summed E-state index contributed by atoms with van der Waals surface area (Å²) in [6.45, 7) is 0.164. The highest BCUT2D eigenvalue weighted by atomic mass is 32.2. The Hall–Kier alpha value is -3.75. The van der Waals surface area contributed by atoms with Crippen LogP contribution >= 0.6 is 11.8 Å². The number of pyridine rings is 1. The molecule has 2 aromatic rings. The minimum absolute atomic E-state index is 0.0292. The van der Waals surface area contributed by atoms with Crippen molar-refractivity contribution in [2.75, 3.05) is 5.75 Å². The maximum Gasteiger partial charge on any atom is 0.336 e. The summed E-state index contributed by atoms with van der Waals surface area (Å²) in [5.41, 5.74) is 6.18. The van der Waals surface area contributed by atoms with Gasteiger partial charge in [-0.15, -0.1) is 11.8 Å². The molecule has 3 amide bonds. The number of carboxylic acids is 1. The lowest BCUT2D eigenvalue weighted by molar-refractivity contribution is -0.689. The van der Waals surface area contributed by atoms with Gasteiger partial charge in [0, 0.05) is 23.5 Å². The minimum Gasteiger partial charge on any atom is -0.478 e. The summed E-state index contributed by atoms with van der Waals surface area (Å²) >= 11 is 1.24. The van der Waals surface area contributed by atoms with E-state index in [2.05, 4.69) is 5.32 Å². The summed E-state index contributed by atoms with van der Waals surface area (Å²) < 4.78 is 35.1. The van der Waals surface area contributed by atoms with Gasteiger partial charge >= 0.3 is 5.97 Å². The molecule has 1 aromatic heterocycles. The van der Waals surface area contributed by atoms with E-state index in [0.717, 1.165) is 4.90 Å². The van der Waals surface area contributed by atoms with Crippen LogP contribution in [0, 0.1) is 0 Å². The van der Waals surface area contributed by atoms with Crippen molar-refractivity contribution in [2.24, 2.45) is 5.73 Å². The van der Waals surface area contributed by atoms with Gasteiger partial charge in [-0.25, -0.2) is 9.36 Å². The van der Waals surface area contributed by atoms with Crippen molar-refractivity contribution < 1.29 is 41.8 Å². The number of rotatable bonds is 8. The summed E-state index contributed by atoms with van der Waals surface area (Å²) in [6.07, 6.45) is 3.04. The molecule has 0 radical (unpaired) electrons. The Balaban J connectivity index is 1.54. The van der Waals surface area contributed by atoms with Crippen LogP contribution in [0.15, 0.2) is 66.1 Å². The number of fused-ring (bicyclic) bond motifs is 1. The van der Waals surface area contributed by atoms with Crippen LogP contribution in [0.1, 0.15) is 21.2 Å². The number of nitrogens with one attached hydrogen (secondary N) is 1. The molecule has 1 fully saturated rings. The molecule has 188 valence electrons. The molecule has 2 aliphatic rings. The second-order valence-corrected chi connectivity index (χ2v) is 10.7. The highest BCUT2D eigenvalue weighted by molar-refractivity contribution is 8.00. The number of nitrogens with two attached hydrogens (primary N) is 1. The zero-order valence-electron chi connectivity index (χ0n) is 18.5. The summed E-state index contributed by atoms with van der Waals surface area (Å²) in [5.74, 6) is -3.39. The Morgan fingerprint density at radius 1 is 1.17 bits per heavy atom. The van der Waals surface area contributed by atoms with E-state index in [9.17, 15) is 32.1 Å². The third kappa shape index (κ3) is 4.82. The fraction of sp³-hybridized carbons (Fsp3) is 0.227. The number of nitrogens with zero attached hydrogens (tertiary/aromatic N) is 2. The first-order valence-electron chi connectivity index (χ1n) is 10.5. The normalized spacial score (nSPS) is 20.2. The number of hydrogen-bond donors (Lipinski definition) is 4. The lowest BCUT2D eigenvalue weighted by Gasteiger charge is -2.49. The van der Waals surface area contributed by atoms with Gasteiger partial charge in [0.05, 0.1) is 5.56 Å². The fourth-order valence-corrected chi connectivity index (χ4v) is 6.26. The number of primary amides is 1. The van der Waals surface area contributed by atoms with Crippen LogP contribution < -0.4 is 15.6 Å². The fourth-order valence-electron chi connectivity index (χ4n) is 4.08. The maximum absolute atomic E-state index is 12.9. The van der Waals surface area contributed by atoms with E-state index < -0.39 is 50.5 Å². The third-order valence-electron chi connectivity index (χ3n) is 5.73. The number of β-lactam (4-membered cyclic amide) rings is 1. The molecular weight excluding hydrogens is 512 g/mol. The number of carboxylic acid groups (broad SMARTS) is 1. The van der Waals surface area contributed by atoms with Crippen LogP contribution in [-0.4, -0.2) is 63.8 Å². The van der Waals surface area contributed by atoms with E-state index in [1.165, 1.54) is 60.6 Å². The second kappa shape index (κ2) is 9.72. The Morgan fingerprint density at radius 3 is 2.36 bits per heavy atom. The van der Waals surface area contributed by atoms with Crippen molar-refractivity contribution in [3.05, 3.63) is 77.3 Å². The van der Waals surface area contributed by atoms with Crippen molar-refractivity contribution in [1.82, 2.24) is 10.2 Å². The van der Waals surface area contributed by atoms with Crippen LogP contribution in [0.4, 0.5) is 0 Å². The van der Waals surface area contributed by atoms with Gasteiger partial charge in [0.25, 0.3) is 21.9 Å². The molecule has 1 aromatic carbocycles. The molecule has 4 rings (SSSR count). The monoisotopic (exact) mass is 533 g/mol. The van der Waals surface area contributed by atoms with Gasteiger partial charge < -0.3 is 16.2 Å². The van der Waals surface area contributed by atoms with E-state index in [4.69, 9.17) is 10.8 Å². The van der Waals surface area contributed by atoms with Crippen LogP contribution in [0.25, 0.3) is 0 Å². The quantitative estimate of drug-likeness (QED) is 0.196. The number of carbonyl (C=O) groups is 4. The number of hydrogen-bond acceptors (Lipinski definition) is 7. The molecular formula is C22H21N4O8S2+. The topological polar surface area (TPSA) is 188 Å². The first-order chi connectivity index (χ1) is 17.0. The van der Waals surface area contributed by atoms with Crippen molar-refractivity contribution >= 4 is 45.6 Å². The molecule has 2 unspecified atom stereocenters. The van der Waals surface area contributed by atoms with Gasteiger partial charge in [-0.05, 0) is 5.56 Å². The largest absolute Gasteiger partial charge is 0.478 e. The van der Waals surface area contributed by atoms with E-state index >= 15 is 0 Å². The zero-order valence-corrected chi connectivity index (χ0v) is 20.1. The average molecular weight is 534 g/mol. The van der Waals surface area contributed by atoms with Crippen molar-refractivity contribution in [3.63, 3.8) is 0 Å². The Bertz CT molecular complexity index is 1380. The zero-order chi connectivity index (χ0) is 26.2. The summed E-state index contributed by atoms with van der Waals surface area (Å²) in [4.78, 5) is 50.2. The molecule has 14 heteroatoms. The predicted octanol–water partition coefficient (Wildman–Crippen LogP) is -0.559. The molecule has 3 heterocycles. The molecule has 0 aliphatic carbocycles. The SMILES string of the molecule is NC(=O)C1=C(C[n+]2ccc(C(=O)O)cc2)CS[C@H]2C(NC(=O)C(c3ccccc3)S(=O)(=O)O)C(=O)N12. The molecule has 2 aliphatic heterocycles. The molecule has 12 nitrogen and oxygen atoms in total. The van der Waals surface area contributed by atoms with Gasteiger partial charge in [-0.1, -0.05) is 30.3 Å². The summed E-state index contributed by atoms with van der Waals surface area (Å²) in [6, 6.07) is 9.01. The van der Waals surface area contributed by atoms with E-state index in [1.54, 1.807) is 10.6 Å². The van der Waals surface area contributed by atoms with Crippen molar-refractivity contribution in [1.29, 1.82) is 0 Å². The molecule has 3 atom stereocenters. The van der Waals surface area contributed by atoms with Crippen LogP contribution in [0.3, 0.4) is 0 Å². The number of carbonyl (C=O) groups excluding carboxylic acids is 3. The Labute approximate surface area is 209 Å². The van der Waals surface area contributed by atoms with E-state index in [-0.39, 0.29) is 29.1 Å². The Kier molecular flexibility index (Phi) is 6.84. The number of amides is 3. The second-order valence-electron chi connectivity index (χ2n) is 8.08.